The maximum Gasteiger partial charge on any atom is 0.257 e. The van der Waals surface area contributed by atoms with E-state index in [9.17, 15) is 4.79 Å². The number of hydrogen-bond donors (Lipinski definition) is 2. The van der Waals surface area contributed by atoms with Crippen LogP contribution in [0, 0.1) is 0 Å². The van der Waals surface area contributed by atoms with E-state index in [4.69, 9.17) is 5.73 Å². The lowest BCUT2D eigenvalue weighted by Gasteiger charge is -2.17. The van der Waals surface area contributed by atoms with Gasteiger partial charge in [-0.3, -0.25) is 4.79 Å². The summed E-state index contributed by atoms with van der Waals surface area (Å²) >= 11 is 0. The minimum absolute atomic E-state index is 0.0453. The van der Waals surface area contributed by atoms with E-state index in [0.29, 0.717) is 30.5 Å². The number of nitrogens with two attached hydrogens (primary N) is 1. The van der Waals surface area contributed by atoms with Crippen molar-refractivity contribution < 1.29 is 4.79 Å². The Bertz CT molecular complexity index is 494. The zero-order valence-electron chi connectivity index (χ0n) is 11.6. The monoisotopic (exact) mass is 275 g/mol. The van der Waals surface area contributed by atoms with E-state index >= 15 is 0 Å². The van der Waals surface area contributed by atoms with Crippen LogP contribution in [0.1, 0.15) is 41.7 Å². The van der Waals surface area contributed by atoms with E-state index in [1.165, 1.54) is 12.8 Å². The van der Waals surface area contributed by atoms with Crippen LogP contribution in [0.5, 0.6) is 0 Å². The summed E-state index contributed by atoms with van der Waals surface area (Å²) in [6.45, 7) is 2.16. The van der Waals surface area contributed by atoms with Gasteiger partial charge in [-0.2, -0.15) is 0 Å². The Morgan fingerprint density at radius 1 is 1.40 bits per heavy atom. The Labute approximate surface area is 118 Å². The number of aromatic nitrogens is 2. The predicted octanol–water partition coefficient (Wildman–Crippen LogP) is 0.788. The summed E-state index contributed by atoms with van der Waals surface area (Å²) in [5.74, 6) is 0.665. The second-order valence-electron chi connectivity index (χ2n) is 5.51. The average molecular weight is 275 g/mol. The summed E-state index contributed by atoms with van der Waals surface area (Å²) in [5, 5.41) is 3.26. The summed E-state index contributed by atoms with van der Waals surface area (Å²) in [7, 11) is 0. The first-order chi connectivity index (χ1) is 9.78. The molecule has 6 heteroatoms. The zero-order chi connectivity index (χ0) is 13.9. The molecule has 0 spiro atoms. The molecule has 0 aromatic carbocycles. The molecule has 1 aliphatic heterocycles. The summed E-state index contributed by atoms with van der Waals surface area (Å²) in [6.07, 6.45) is 6.77. The number of carbonyl (C=O) groups excluding carboxylic acids is 1. The van der Waals surface area contributed by atoms with Crippen molar-refractivity contribution in [3.63, 3.8) is 0 Å². The maximum absolute atomic E-state index is 12.5. The van der Waals surface area contributed by atoms with Crippen molar-refractivity contribution in [3.8, 4) is 0 Å². The predicted molar refractivity (Wildman–Crippen MR) is 76.6 cm³/mol. The molecule has 1 aromatic rings. The number of amides is 1. The molecule has 0 atom stereocenters. The third-order valence-corrected chi connectivity index (χ3v) is 3.78. The lowest BCUT2D eigenvalue weighted by molar-refractivity contribution is 0.0791. The number of carbonyl (C=O) groups is 1. The molecule has 20 heavy (non-hydrogen) atoms. The van der Waals surface area contributed by atoms with Crippen LogP contribution in [0.2, 0.25) is 0 Å². The quantitative estimate of drug-likeness (QED) is 0.830. The van der Waals surface area contributed by atoms with E-state index < -0.39 is 0 Å². The summed E-state index contributed by atoms with van der Waals surface area (Å²) in [6, 6.07) is 0.501. The van der Waals surface area contributed by atoms with Gasteiger partial charge in [-0.1, -0.05) is 0 Å². The highest BCUT2D eigenvalue weighted by Crippen LogP contribution is 2.23. The number of rotatable bonds is 5. The van der Waals surface area contributed by atoms with Crippen molar-refractivity contribution in [2.24, 2.45) is 5.73 Å². The van der Waals surface area contributed by atoms with Crippen LogP contribution in [0.15, 0.2) is 6.20 Å². The fourth-order valence-electron chi connectivity index (χ4n) is 2.49. The number of nitrogens with zero attached hydrogens (tertiary/aromatic N) is 3. The highest BCUT2D eigenvalue weighted by atomic mass is 16.2. The molecular weight excluding hydrogens is 254 g/mol. The van der Waals surface area contributed by atoms with Crippen molar-refractivity contribution in [3.05, 3.63) is 17.5 Å². The minimum atomic E-state index is 0.0453. The number of likely N-dealkylation sites (tertiary alicyclic amines) is 1. The van der Waals surface area contributed by atoms with Crippen LogP contribution >= 0.6 is 0 Å². The molecule has 1 saturated heterocycles. The first-order valence-corrected chi connectivity index (χ1v) is 7.39. The van der Waals surface area contributed by atoms with E-state index in [-0.39, 0.29) is 5.91 Å². The van der Waals surface area contributed by atoms with Gasteiger partial charge >= 0.3 is 0 Å². The van der Waals surface area contributed by atoms with Gasteiger partial charge in [0.25, 0.3) is 5.91 Å². The SMILES string of the molecule is NCCc1nc(NC2CC2)ncc1C(=O)N1CCCC1. The van der Waals surface area contributed by atoms with Gasteiger partial charge in [0, 0.05) is 31.7 Å². The minimum Gasteiger partial charge on any atom is -0.351 e. The molecule has 2 fully saturated rings. The van der Waals surface area contributed by atoms with Crippen LogP contribution in [0.25, 0.3) is 0 Å². The van der Waals surface area contributed by atoms with E-state index in [1.54, 1.807) is 6.20 Å². The Morgan fingerprint density at radius 3 is 2.80 bits per heavy atom. The molecule has 1 aromatic heterocycles. The van der Waals surface area contributed by atoms with E-state index in [1.807, 2.05) is 4.90 Å². The van der Waals surface area contributed by atoms with Crippen LogP contribution in [0.4, 0.5) is 5.95 Å². The van der Waals surface area contributed by atoms with Gasteiger partial charge in [-0.25, -0.2) is 9.97 Å². The van der Waals surface area contributed by atoms with Crippen molar-refractivity contribution in [2.75, 3.05) is 25.0 Å². The lowest BCUT2D eigenvalue weighted by Crippen LogP contribution is -2.29. The van der Waals surface area contributed by atoms with E-state index in [0.717, 1.165) is 31.6 Å². The normalized spacial score (nSPS) is 18.4. The second-order valence-corrected chi connectivity index (χ2v) is 5.51. The van der Waals surface area contributed by atoms with Gasteiger partial charge in [0.2, 0.25) is 5.95 Å². The smallest absolute Gasteiger partial charge is 0.257 e. The molecule has 1 aliphatic carbocycles. The molecule has 2 heterocycles. The molecule has 0 radical (unpaired) electrons. The molecule has 0 bridgehead atoms. The first kappa shape index (κ1) is 13.3. The van der Waals surface area contributed by atoms with Crippen molar-refractivity contribution in [1.82, 2.24) is 14.9 Å². The Balaban J connectivity index is 1.81. The molecule has 0 unspecified atom stereocenters. The van der Waals surface area contributed by atoms with Crippen LogP contribution in [0.3, 0.4) is 0 Å². The van der Waals surface area contributed by atoms with Gasteiger partial charge in [0.15, 0.2) is 0 Å². The van der Waals surface area contributed by atoms with Gasteiger partial charge < -0.3 is 16.0 Å². The van der Waals surface area contributed by atoms with Crippen LogP contribution < -0.4 is 11.1 Å². The maximum atomic E-state index is 12.5. The molecule has 3 N–H and O–H groups in total. The fourth-order valence-corrected chi connectivity index (χ4v) is 2.49. The second kappa shape index (κ2) is 5.75. The first-order valence-electron chi connectivity index (χ1n) is 7.39. The molecule has 2 aliphatic rings. The summed E-state index contributed by atoms with van der Waals surface area (Å²) in [5.41, 5.74) is 7.02. The topological polar surface area (TPSA) is 84.1 Å². The number of hydrogen-bond acceptors (Lipinski definition) is 5. The zero-order valence-corrected chi connectivity index (χ0v) is 11.6. The number of nitrogens with one attached hydrogen (secondary N) is 1. The van der Waals surface area contributed by atoms with Gasteiger partial charge in [-0.05, 0) is 32.2 Å². The van der Waals surface area contributed by atoms with E-state index in [2.05, 4.69) is 15.3 Å². The molecule has 1 saturated carbocycles. The standard InChI is InChI=1S/C14H21N5O/c15-6-5-12-11(13(20)19-7-1-2-8-19)9-16-14(18-12)17-10-3-4-10/h9-10H,1-8,15H2,(H,16,17,18). The lowest BCUT2D eigenvalue weighted by atomic mass is 10.1. The molecule has 1 amide bonds. The number of anilines is 1. The third-order valence-electron chi connectivity index (χ3n) is 3.78. The van der Waals surface area contributed by atoms with Crippen LogP contribution in [-0.2, 0) is 6.42 Å². The third kappa shape index (κ3) is 2.90. The largest absolute Gasteiger partial charge is 0.351 e. The van der Waals surface area contributed by atoms with Crippen molar-refractivity contribution >= 4 is 11.9 Å². The van der Waals surface area contributed by atoms with Gasteiger partial charge in [0.1, 0.15) is 0 Å². The van der Waals surface area contributed by atoms with Gasteiger partial charge in [0.05, 0.1) is 11.3 Å². The molecule has 6 nitrogen and oxygen atoms in total. The Kier molecular flexibility index (Phi) is 3.82. The molecule has 108 valence electrons. The summed E-state index contributed by atoms with van der Waals surface area (Å²) in [4.78, 5) is 23.1. The highest BCUT2D eigenvalue weighted by molar-refractivity contribution is 5.95. The highest BCUT2D eigenvalue weighted by Gasteiger charge is 2.25. The summed E-state index contributed by atoms with van der Waals surface area (Å²) < 4.78 is 0. The van der Waals surface area contributed by atoms with Gasteiger partial charge in [-0.15, -0.1) is 0 Å². The van der Waals surface area contributed by atoms with Crippen molar-refractivity contribution in [1.29, 1.82) is 0 Å². The van der Waals surface area contributed by atoms with Crippen molar-refractivity contribution in [2.45, 2.75) is 38.1 Å². The Morgan fingerprint density at radius 2 is 2.15 bits per heavy atom. The molecule has 3 rings (SSSR count). The van der Waals surface area contributed by atoms with Crippen LogP contribution in [-0.4, -0.2) is 46.5 Å². The Hall–Kier alpha value is -1.69. The fraction of sp³-hybridized carbons (Fsp3) is 0.643. The average Bonchev–Trinajstić information content (AvgIpc) is 3.09. The molecular formula is C14H21N5O.